The van der Waals surface area contributed by atoms with Crippen molar-refractivity contribution < 1.29 is 0 Å². The molecule has 5 N–H and O–H groups in total. The minimum absolute atomic E-state index is 0.00465. The highest BCUT2D eigenvalue weighted by atomic mass is 35.5. The average molecular weight is 371 g/mol. The van der Waals surface area contributed by atoms with Gasteiger partial charge in [-0.05, 0) is 42.8 Å². The smallest absolute Gasteiger partial charge is 0.223 e. The van der Waals surface area contributed by atoms with Crippen molar-refractivity contribution in [2.75, 3.05) is 5.32 Å². The van der Waals surface area contributed by atoms with Crippen molar-refractivity contribution in [1.29, 1.82) is 0 Å². The molecule has 0 atom stereocenters. The monoisotopic (exact) mass is 369 g/mol. The highest BCUT2D eigenvalue weighted by Gasteiger charge is 2.02. The van der Waals surface area contributed by atoms with Crippen LogP contribution in [0.15, 0.2) is 46.4 Å². The van der Waals surface area contributed by atoms with E-state index in [2.05, 4.69) is 15.3 Å². The third-order valence-electron chi connectivity index (χ3n) is 2.83. The van der Waals surface area contributed by atoms with Gasteiger partial charge < -0.3 is 16.8 Å². The van der Waals surface area contributed by atoms with Crippen molar-refractivity contribution in [2.24, 2.45) is 21.5 Å². The molecule has 2 aromatic rings. The highest BCUT2D eigenvalue weighted by molar-refractivity contribution is 6.42. The van der Waals surface area contributed by atoms with Crippen LogP contribution in [0.25, 0.3) is 0 Å². The maximum atomic E-state index is 6.03. The van der Waals surface area contributed by atoms with E-state index in [0.29, 0.717) is 26.4 Å². The summed E-state index contributed by atoms with van der Waals surface area (Å²) in [5.74, 6) is 0.0674. The van der Waals surface area contributed by atoms with E-state index in [9.17, 15) is 0 Å². The summed E-state index contributed by atoms with van der Waals surface area (Å²) in [5.41, 5.74) is 13.7. The Hall–Kier alpha value is -1.95. The number of nitrogens with one attached hydrogen (secondary N) is 1. The molecule has 0 aromatic heterocycles. The van der Waals surface area contributed by atoms with E-state index < -0.39 is 0 Å². The second-order valence-corrected chi connectivity index (χ2v) is 5.88. The summed E-state index contributed by atoms with van der Waals surface area (Å²) in [6.07, 6.45) is 0. The maximum absolute atomic E-state index is 6.03. The summed E-state index contributed by atoms with van der Waals surface area (Å²) in [7, 11) is 0. The van der Waals surface area contributed by atoms with Crippen LogP contribution >= 0.6 is 34.8 Å². The molecule has 8 heteroatoms. The van der Waals surface area contributed by atoms with Crippen molar-refractivity contribution >= 4 is 58.1 Å². The van der Waals surface area contributed by atoms with Crippen LogP contribution in [0.1, 0.15) is 5.56 Å². The van der Waals surface area contributed by atoms with Crippen LogP contribution in [-0.4, -0.2) is 11.9 Å². The molecule has 2 aromatic carbocycles. The second-order valence-electron chi connectivity index (χ2n) is 4.65. The van der Waals surface area contributed by atoms with Crippen LogP contribution in [0.3, 0.4) is 0 Å². The third-order valence-corrected chi connectivity index (χ3v) is 3.97. The SMILES string of the molecule is Cc1ccc(N=C(N)N=C(N)Nc2ccc(Cl)c(Cl)c2)cc1Cl. The molecule has 23 heavy (non-hydrogen) atoms. The van der Waals surface area contributed by atoms with Gasteiger partial charge in [0.25, 0.3) is 0 Å². The summed E-state index contributed by atoms with van der Waals surface area (Å²) in [6, 6.07) is 10.3. The first-order valence-electron chi connectivity index (χ1n) is 6.51. The normalized spacial score (nSPS) is 12.3. The Bertz CT molecular complexity index is 787. The van der Waals surface area contributed by atoms with Gasteiger partial charge in [0.2, 0.25) is 11.9 Å². The Labute approximate surface area is 149 Å². The number of nitrogens with zero attached hydrogens (tertiary/aromatic N) is 2. The Balaban J connectivity index is 2.13. The summed E-state index contributed by atoms with van der Waals surface area (Å²) in [4.78, 5) is 8.09. The molecule has 0 radical (unpaired) electrons. The van der Waals surface area contributed by atoms with E-state index >= 15 is 0 Å². The Kier molecular flexibility index (Phi) is 5.71. The number of nitrogens with two attached hydrogens (primary N) is 2. The van der Waals surface area contributed by atoms with Crippen molar-refractivity contribution in [3.05, 3.63) is 57.0 Å². The summed E-state index contributed by atoms with van der Waals surface area (Å²) >= 11 is 17.8. The molecule has 120 valence electrons. The fraction of sp³-hybridized carbons (Fsp3) is 0.0667. The number of hydrogen-bond acceptors (Lipinski definition) is 1. The van der Waals surface area contributed by atoms with E-state index in [-0.39, 0.29) is 11.9 Å². The largest absolute Gasteiger partial charge is 0.369 e. The zero-order valence-electron chi connectivity index (χ0n) is 12.1. The fourth-order valence-electron chi connectivity index (χ4n) is 1.68. The van der Waals surface area contributed by atoms with Gasteiger partial charge in [-0.2, -0.15) is 4.99 Å². The molecular weight excluding hydrogens is 357 g/mol. The highest BCUT2D eigenvalue weighted by Crippen LogP contribution is 2.25. The van der Waals surface area contributed by atoms with Gasteiger partial charge in [-0.15, -0.1) is 0 Å². The lowest BCUT2D eigenvalue weighted by Crippen LogP contribution is -2.26. The number of rotatable bonds is 2. The van der Waals surface area contributed by atoms with Crippen LogP contribution in [0.4, 0.5) is 11.4 Å². The third kappa shape index (κ3) is 5.03. The molecule has 0 aliphatic heterocycles. The van der Waals surface area contributed by atoms with E-state index in [1.54, 1.807) is 30.3 Å². The fourth-order valence-corrected chi connectivity index (χ4v) is 2.15. The maximum Gasteiger partial charge on any atom is 0.223 e. The number of halogens is 3. The van der Waals surface area contributed by atoms with E-state index in [0.717, 1.165) is 5.56 Å². The minimum atomic E-state index is -0.00465. The lowest BCUT2D eigenvalue weighted by atomic mass is 10.2. The van der Waals surface area contributed by atoms with Gasteiger partial charge in [-0.25, -0.2) is 4.99 Å². The van der Waals surface area contributed by atoms with Crippen molar-refractivity contribution in [1.82, 2.24) is 0 Å². The van der Waals surface area contributed by atoms with Gasteiger partial charge >= 0.3 is 0 Å². The Morgan fingerprint density at radius 2 is 1.70 bits per heavy atom. The number of anilines is 1. The van der Waals surface area contributed by atoms with Crippen LogP contribution in [0, 0.1) is 6.92 Å². The topological polar surface area (TPSA) is 88.8 Å². The molecule has 0 unspecified atom stereocenters. The van der Waals surface area contributed by atoms with Gasteiger partial charge in [0.15, 0.2) is 0 Å². The molecule has 0 bridgehead atoms. The molecule has 0 fully saturated rings. The van der Waals surface area contributed by atoms with Crippen LogP contribution in [-0.2, 0) is 0 Å². The zero-order chi connectivity index (χ0) is 17.0. The number of aliphatic imine (C=N–C) groups is 2. The van der Waals surface area contributed by atoms with Gasteiger partial charge in [-0.1, -0.05) is 40.9 Å². The van der Waals surface area contributed by atoms with Gasteiger partial charge in [0.05, 0.1) is 15.7 Å². The standard InChI is InChI=1S/C15H14Cl3N5/c1-8-2-3-9(6-12(8)17)21-14(19)23-15(20)22-10-4-5-11(16)13(18)7-10/h2-7H,1H3,(H5,19,20,21,22,23). The van der Waals surface area contributed by atoms with Crippen LogP contribution < -0.4 is 16.8 Å². The zero-order valence-corrected chi connectivity index (χ0v) is 14.4. The van der Waals surface area contributed by atoms with E-state index in [4.69, 9.17) is 46.3 Å². The van der Waals surface area contributed by atoms with Crippen LogP contribution in [0.2, 0.25) is 15.1 Å². The number of guanidine groups is 2. The Morgan fingerprint density at radius 1 is 0.957 bits per heavy atom. The molecule has 5 nitrogen and oxygen atoms in total. The van der Waals surface area contributed by atoms with E-state index in [1.165, 1.54) is 0 Å². The van der Waals surface area contributed by atoms with E-state index in [1.807, 2.05) is 13.0 Å². The number of aryl methyl sites for hydroxylation is 1. The average Bonchev–Trinajstić information content (AvgIpc) is 2.46. The first kappa shape index (κ1) is 17.4. The lowest BCUT2D eigenvalue weighted by Gasteiger charge is -2.06. The van der Waals surface area contributed by atoms with Crippen molar-refractivity contribution in [2.45, 2.75) is 6.92 Å². The van der Waals surface area contributed by atoms with Crippen LogP contribution in [0.5, 0.6) is 0 Å². The molecule has 0 amide bonds. The predicted molar refractivity (Wildman–Crippen MR) is 99.2 cm³/mol. The molecular formula is C15H14Cl3N5. The first-order chi connectivity index (χ1) is 10.8. The molecule has 0 saturated heterocycles. The predicted octanol–water partition coefficient (Wildman–Crippen LogP) is 4.33. The van der Waals surface area contributed by atoms with Gasteiger partial charge in [0, 0.05) is 10.7 Å². The summed E-state index contributed by atoms with van der Waals surface area (Å²) < 4.78 is 0. The number of hydrogen-bond donors (Lipinski definition) is 3. The quantitative estimate of drug-likeness (QED) is 0.543. The molecule has 0 aliphatic carbocycles. The minimum Gasteiger partial charge on any atom is -0.369 e. The molecule has 0 saturated carbocycles. The van der Waals surface area contributed by atoms with Crippen molar-refractivity contribution in [3.63, 3.8) is 0 Å². The molecule has 0 spiro atoms. The molecule has 2 rings (SSSR count). The first-order valence-corrected chi connectivity index (χ1v) is 7.65. The number of benzene rings is 2. The van der Waals surface area contributed by atoms with Crippen molar-refractivity contribution in [3.8, 4) is 0 Å². The lowest BCUT2D eigenvalue weighted by molar-refractivity contribution is 1.37. The van der Waals surface area contributed by atoms with Gasteiger partial charge in [0.1, 0.15) is 0 Å². The summed E-state index contributed by atoms with van der Waals surface area (Å²) in [5, 5.41) is 4.30. The Morgan fingerprint density at radius 3 is 2.35 bits per heavy atom. The molecule has 0 heterocycles. The molecule has 0 aliphatic rings. The van der Waals surface area contributed by atoms with Gasteiger partial charge in [-0.3, -0.25) is 0 Å². The summed E-state index contributed by atoms with van der Waals surface area (Å²) in [6.45, 7) is 1.90. The second kappa shape index (κ2) is 7.55.